The molecule has 0 aliphatic heterocycles. The van der Waals surface area contributed by atoms with Gasteiger partial charge in [0.25, 0.3) is 0 Å². The van der Waals surface area contributed by atoms with Crippen LogP contribution in [0, 0.1) is 0 Å². The topological polar surface area (TPSA) is 44.9 Å². The molecule has 0 unspecified atom stereocenters. The van der Waals surface area contributed by atoms with Gasteiger partial charge in [0.2, 0.25) is 0 Å². The number of pyridine rings is 1. The summed E-state index contributed by atoms with van der Waals surface area (Å²) >= 11 is 0. The highest BCUT2D eigenvalue weighted by Crippen LogP contribution is 2.42. The predicted octanol–water partition coefficient (Wildman–Crippen LogP) is 16.6. The molecule has 0 atom stereocenters. The fourth-order valence-corrected chi connectivity index (χ4v) is 10.3. The summed E-state index contributed by atoms with van der Waals surface area (Å²) in [6.45, 7) is 9.24. The number of hydrogen-bond acceptors (Lipinski definition) is 3. The van der Waals surface area contributed by atoms with E-state index >= 15 is 0 Å². The Bertz CT molecular complexity index is 3280. The van der Waals surface area contributed by atoms with Crippen LogP contribution in [0.15, 0.2) is 176 Å². The van der Waals surface area contributed by atoms with E-state index in [1.54, 1.807) is 0 Å². The maximum atomic E-state index is 6.74. The molecule has 7 aromatic carbocycles. The van der Waals surface area contributed by atoms with E-state index in [4.69, 9.17) is 14.7 Å². The Labute approximate surface area is 382 Å². The van der Waals surface area contributed by atoms with Crippen LogP contribution < -0.4 is 4.74 Å². The Hall–Kier alpha value is -7.24. The third kappa shape index (κ3) is 7.59. The van der Waals surface area contributed by atoms with Gasteiger partial charge >= 0.3 is 0 Å². The first-order valence-electron chi connectivity index (χ1n) is 23.5. The van der Waals surface area contributed by atoms with Crippen molar-refractivity contribution in [2.24, 2.45) is 0 Å². The number of ether oxygens (including phenoxy) is 1. The van der Waals surface area contributed by atoms with Crippen LogP contribution in [-0.2, 0) is 0 Å². The van der Waals surface area contributed by atoms with E-state index in [1.165, 1.54) is 82.1 Å². The van der Waals surface area contributed by atoms with Crippen molar-refractivity contribution in [2.45, 2.75) is 77.6 Å². The van der Waals surface area contributed by atoms with E-state index in [0.29, 0.717) is 0 Å². The number of aromatic nitrogens is 4. The molecule has 10 aromatic rings. The summed E-state index contributed by atoms with van der Waals surface area (Å²) in [6.07, 6.45) is 8.59. The standard InChI is InChI=1S/C60H54N4O/c1-39(2)52-36-47(45-30-28-44(29-31-45)43-26-24-42(25-27-43)41-15-6-5-7-16-41)37-53(40(3)4)59(52)64-56-22-11-9-20-54(56)62-60(64)46-17-14-18-48(35-46)65-49-32-33-51-50-19-8-10-21-55(50)63(57(51)38-49)58-23-12-13-34-61-58/h8-14,17-41H,5-7,15-16H2,1-4H3. The lowest BCUT2D eigenvalue weighted by atomic mass is 9.83. The lowest BCUT2D eigenvalue weighted by Crippen LogP contribution is -2.09. The van der Waals surface area contributed by atoms with Crippen LogP contribution >= 0.6 is 0 Å². The van der Waals surface area contributed by atoms with E-state index in [1.807, 2.05) is 30.5 Å². The van der Waals surface area contributed by atoms with Crippen molar-refractivity contribution < 1.29 is 4.74 Å². The van der Waals surface area contributed by atoms with Gasteiger partial charge in [-0.1, -0.05) is 144 Å². The summed E-state index contributed by atoms with van der Waals surface area (Å²) in [5.74, 6) is 4.48. The molecule has 5 nitrogen and oxygen atoms in total. The zero-order valence-corrected chi connectivity index (χ0v) is 37.7. The highest BCUT2D eigenvalue weighted by Gasteiger charge is 2.24. The van der Waals surface area contributed by atoms with Gasteiger partial charge in [-0.2, -0.15) is 0 Å². The highest BCUT2D eigenvalue weighted by molar-refractivity contribution is 6.09. The Morgan fingerprint density at radius 3 is 1.83 bits per heavy atom. The summed E-state index contributed by atoms with van der Waals surface area (Å²) in [7, 11) is 0. The molecule has 0 spiro atoms. The maximum absolute atomic E-state index is 6.74. The number of nitrogens with zero attached hydrogens (tertiary/aromatic N) is 4. The molecule has 0 bridgehead atoms. The van der Waals surface area contributed by atoms with Gasteiger partial charge in [-0.3, -0.25) is 9.13 Å². The molecule has 1 saturated carbocycles. The van der Waals surface area contributed by atoms with Crippen molar-refractivity contribution in [3.05, 3.63) is 193 Å². The van der Waals surface area contributed by atoms with Crippen molar-refractivity contribution in [2.75, 3.05) is 0 Å². The van der Waals surface area contributed by atoms with Gasteiger partial charge in [0.15, 0.2) is 0 Å². The molecule has 0 amide bonds. The molecule has 5 heteroatoms. The van der Waals surface area contributed by atoms with Crippen LogP contribution in [0.1, 0.15) is 94.2 Å². The number of benzene rings is 7. The maximum Gasteiger partial charge on any atom is 0.145 e. The van der Waals surface area contributed by atoms with Crippen LogP contribution in [-0.4, -0.2) is 19.1 Å². The predicted molar refractivity (Wildman–Crippen MR) is 270 cm³/mol. The van der Waals surface area contributed by atoms with Crippen molar-refractivity contribution in [3.8, 4) is 56.6 Å². The molecule has 3 aromatic heterocycles. The van der Waals surface area contributed by atoms with Gasteiger partial charge < -0.3 is 4.74 Å². The largest absolute Gasteiger partial charge is 0.457 e. The van der Waals surface area contributed by atoms with Crippen molar-refractivity contribution in [3.63, 3.8) is 0 Å². The number of rotatable bonds is 10. The molecule has 65 heavy (non-hydrogen) atoms. The smallest absolute Gasteiger partial charge is 0.145 e. The molecule has 1 aliphatic carbocycles. The molecule has 0 saturated heterocycles. The van der Waals surface area contributed by atoms with Gasteiger partial charge in [-0.15, -0.1) is 0 Å². The first-order chi connectivity index (χ1) is 31.9. The summed E-state index contributed by atoms with van der Waals surface area (Å²) in [6, 6.07) is 61.1. The van der Waals surface area contributed by atoms with Crippen molar-refractivity contribution in [1.82, 2.24) is 19.1 Å². The second-order valence-electron chi connectivity index (χ2n) is 18.5. The number of hydrogen-bond donors (Lipinski definition) is 0. The zero-order chi connectivity index (χ0) is 44.0. The molecule has 0 radical (unpaired) electrons. The third-order valence-electron chi connectivity index (χ3n) is 13.6. The van der Waals surface area contributed by atoms with Gasteiger partial charge in [-0.25, -0.2) is 9.97 Å². The average molecular weight is 847 g/mol. The Morgan fingerprint density at radius 1 is 0.492 bits per heavy atom. The van der Waals surface area contributed by atoms with E-state index in [-0.39, 0.29) is 11.8 Å². The summed E-state index contributed by atoms with van der Waals surface area (Å²) in [5.41, 5.74) is 15.5. The molecule has 11 rings (SSSR count). The summed E-state index contributed by atoms with van der Waals surface area (Å²) in [4.78, 5) is 10.1. The Morgan fingerprint density at radius 2 is 1.12 bits per heavy atom. The molecular formula is C60H54N4O. The van der Waals surface area contributed by atoms with Gasteiger partial charge in [-0.05, 0) is 136 Å². The second kappa shape index (κ2) is 17.0. The fourth-order valence-electron chi connectivity index (χ4n) is 10.3. The van der Waals surface area contributed by atoms with Crippen LogP contribution in [0.5, 0.6) is 11.5 Å². The van der Waals surface area contributed by atoms with Gasteiger partial charge in [0, 0.05) is 28.6 Å². The van der Waals surface area contributed by atoms with Crippen molar-refractivity contribution >= 4 is 32.8 Å². The van der Waals surface area contributed by atoms with Gasteiger partial charge in [0.05, 0.1) is 27.8 Å². The minimum Gasteiger partial charge on any atom is -0.457 e. The number of imidazole rings is 1. The molecule has 0 N–H and O–H groups in total. The number of para-hydroxylation sites is 3. The lowest BCUT2D eigenvalue weighted by Gasteiger charge is -2.24. The molecule has 1 aliphatic rings. The van der Waals surface area contributed by atoms with E-state index < -0.39 is 0 Å². The quantitative estimate of drug-likeness (QED) is 0.138. The van der Waals surface area contributed by atoms with Gasteiger partial charge in [0.1, 0.15) is 23.1 Å². The monoisotopic (exact) mass is 846 g/mol. The first kappa shape index (κ1) is 40.5. The van der Waals surface area contributed by atoms with E-state index in [9.17, 15) is 0 Å². The number of fused-ring (bicyclic) bond motifs is 4. The Balaban J connectivity index is 0.965. The average Bonchev–Trinajstić information content (AvgIpc) is 3.90. The third-order valence-corrected chi connectivity index (χ3v) is 13.6. The molecular weight excluding hydrogens is 793 g/mol. The van der Waals surface area contributed by atoms with E-state index in [2.05, 4.69) is 182 Å². The van der Waals surface area contributed by atoms with Crippen LogP contribution in [0.2, 0.25) is 0 Å². The van der Waals surface area contributed by atoms with E-state index in [0.717, 1.165) is 62.1 Å². The summed E-state index contributed by atoms with van der Waals surface area (Å²) in [5, 5.41) is 2.33. The molecule has 1 fully saturated rings. The normalized spacial score (nSPS) is 13.4. The van der Waals surface area contributed by atoms with Crippen LogP contribution in [0.25, 0.3) is 78.0 Å². The first-order valence-corrected chi connectivity index (χ1v) is 23.5. The van der Waals surface area contributed by atoms with Crippen LogP contribution in [0.4, 0.5) is 0 Å². The van der Waals surface area contributed by atoms with Crippen LogP contribution in [0.3, 0.4) is 0 Å². The second-order valence-corrected chi connectivity index (χ2v) is 18.5. The zero-order valence-electron chi connectivity index (χ0n) is 37.7. The Kier molecular flexibility index (Phi) is 10.6. The summed E-state index contributed by atoms with van der Waals surface area (Å²) < 4.78 is 11.4. The van der Waals surface area contributed by atoms with Crippen molar-refractivity contribution in [1.29, 1.82) is 0 Å². The molecule has 320 valence electrons. The SMILES string of the molecule is CC(C)c1cc(-c2ccc(-c3ccc(C4CCCCC4)cc3)cc2)cc(C(C)C)c1-n1c(-c2cccc(Oc3ccc4c5ccccc5n(-c5ccccn5)c4c3)c2)nc2ccccc21. The fraction of sp³-hybridized carbons (Fsp3) is 0.200. The minimum absolute atomic E-state index is 0.254. The lowest BCUT2D eigenvalue weighted by molar-refractivity contribution is 0.443. The highest BCUT2D eigenvalue weighted by atomic mass is 16.5. The minimum atomic E-state index is 0.254. The molecule has 3 heterocycles.